The Hall–Kier alpha value is -8.26. The molecule has 1 heteroatoms. The maximum atomic E-state index is 2.42. The zero-order valence-corrected chi connectivity index (χ0v) is 35.5. The summed E-state index contributed by atoms with van der Waals surface area (Å²) in [4.78, 5) is 2.42. The highest BCUT2D eigenvalue weighted by Gasteiger charge is 2.21. The molecule has 0 aliphatic carbocycles. The van der Waals surface area contributed by atoms with Crippen LogP contribution < -0.4 is 4.90 Å². The third-order valence-corrected chi connectivity index (χ3v) is 13.1. The van der Waals surface area contributed by atoms with Gasteiger partial charge >= 0.3 is 0 Å². The molecule has 0 atom stereocenters. The first-order valence-electron chi connectivity index (χ1n) is 22.2. The van der Waals surface area contributed by atoms with Crippen molar-refractivity contribution in [3.63, 3.8) is 0 Å². The second kappa shape index (κ2) is 15.6. The van der Waals surface area contributed by atoms with Crippen molar-refractivity contribution in [3.8, 4) is 44.5 Å². The summed E-state index contributed by atoms with van der Waals surface area (Å²) in [5, 5.41) is 12.5. The largest absolute Gasteiger partial charge is 0.310 e. The summed E-state index contributed by atoms with van der Waals surface area (Å²) in [6.45, 7) is 2.19. The smallest absolute Gasteiger partial charge is 0.0540 e. The first-order chi connectivity index (χ1) is 31.7. The maximum Gasteiger partial charge on any atom is 0.0540 e. The van der Waals surface area contributed by atoms with Gasteiger partial charge in [0.25, 0.3) is 0 Å². The van der Waals surface area contributed by atoms with Crippen molar-refractivity contribution >= 4 is 70.9 Å². The number of aryl methyl sites for hydroxylation is 1. The average molecular weight is 814 g/mol. The molecule has 12 rings (SSSR count). The molecule has 0 fully saturated rings. The molecule has 0 bridgehead atoms. The molecule has 0 aliphatic heterocycles. The van der Waals surface area contributed by atoms with E-state index in [1.807, 2.05) is 0 Å². The van der Waals surface area contributed by atoms with Crippen LogP contribution in [-0.4, -0.2) is 0 Å². The van der Waals surface area contributed by atoms with Gasteiger partial charge in [-0.3, -0.25) is 0 Å². The fourth-order valence-electron chi connectivity index (χ4n) is 10.3. The van der Waals surface area contributed by atoms with Gasteiger partial charge in [-0.05, 0) is 130 Å². The van der Waals surface area contributed by atoms with E-state index in [4.69, 9.17) is 0 Å². The van der Waals surface area contributed by atoms with Gasteiger partial charge in [0.1, 0.15) is 0 Å². The van der Waals surface area contributed by atoms with Crippen LogP contribution >= 0.6 is 0 Å². The van der Waals surface area contributed by atoms with E-state index in [-0.39, 0.29) is 0 Å². The number of nitrogens with zero attached hydrogens (tertiary/aromatic N) is 1. The Kier molecular flexibility index (Phi) is 9.13. The van der Waals surface area contributed by atoms with Crippen LogP contribution in [0.5, 0.6) is 0 Å². The molecule has 0 saturated carbocycles. The van der Waals surface area contributed by atoms with Crippen molar-refractivity contribution in [2.45, 2.75) is 6.92 Å². The molecule has 0 amide bonds. The minimum absolute atomic E-state index is 1.10. The standard InChI is InChI=1S/C63H43N/c1-42-31-40-57-58(41-42)63(45-20-6-3-7-21-45)56-29-15-14-28-55(56)62(57)47-34-38-49(39-35-47)64(59-30-16-22-43-17-8-9-23-50(43)59)48-36-32-46(33-37-48)61-53-26-12-10-24-51(53)60(44-18-4-2-5-19-44)52-25-11-13-27-54(52)61/h2-41H,1H3. The van der Waals surface area contributed by atoms with Gasteiger partial charge in [-0.15, -0.1) is 0 Å². The molecular formula is C63H43N. The molecule has 0 aliphatic rings. The Balaban J connectivity index is 1.02. The number of fused-ring (bicyclic) bond motifs is 5. The maximum absolute atomic E-state index is 2.42. The van der Waals surface area contributed by atoms with Crippen LogP contribution in [0.15, 0.2) is 243 Å². The molecule has 12 aromatic rings. The van der Waals surface area contributed by atoms with Gasteiger partial charge in [0.05, 0.1) is 5.69 Å². The molecule has 0 saturated heterocycles. The minimum Gasteiger partial charge on any atom is -0.310 e. The van der Waals surface area contributed by atoms with E-state index in [0.717, 1.165) is 17.1 Å². The predicted octanol–water partition coefficient (Wildman–Crippen LogP) is 17.9. The van der Waals surface area contributed by atoms with Gasteiger partial charge in [0.2, 0.25) is 0 Å². The normalized spacial score (nSPS) is 11.5. The summed E-state index contributed by atoms with van der Waals surface area (Å²) in [5.41, 5.74) is 14.5. The highest BCUT2D eigenvalue weighted by molar-refractivity contribution is 6.23. The minimum atomic E-state index is 1.10. The third kappa shape index (κ3) is 6.24. The number of hydrogen-bond donors (Lipinski definition) is 0. The number of rotatable bonds is 7. The van der Waals surface area contributed by atoms with Gasteiger partial charge < -0.3 is 4.90 Å². The van der Waals surface area contributed by atoms with Crippen molar-refractivity contribution in [1.29, 1.82) is 0 Å². The van der Waals surface area contributed by atoms with E-state index in [1.165, 1.54) is 104 Å². The van der Waals surface area contributed by atoms with Gasteiger partial charge in [-0.1, -0.05) is 218 Å². The number of hydrogen-bond acceptors (Lipinski definition) is 1. The van der Waals surface area contributed by atoms with Crippen LogP contribution in [0.4, 0.5) is 17.1 Å². The van der Waals surface area contributed by atoms with Gasteiger partial charge in [-0.2, -0.15) is 0 Å². The Labute approximate surface area is 373 Å². The lowest BCUT2D eigenvalue weighted by Crippen LogP contribution is -2.10. The lowest BCUT2D eigenvalue weighted by Gasteiger charge is -2.27. The van der Waals surface area contributed by atoms with E-state index < -0.39 is 0 Å². The van der Waals surface area contributed by atoms with E-state index in [0.29, 0.717) is 0 Å². The quantitative estimate of drug-likeness (QED) is 0.145. The van der Waals surface area contributed by atoms with Crippen molar-refractivity contribution < 1.29 is 0 Å². The number of anilines is 3. The van der Waals surface area contributed by atoms with Crippen LogP contribution in [0.2, 0.25) is 0 Å². The summed E-state index contributed by atoms with van der Waals surface area (Å²) in [5.74, 6) is 0. The summed E-state index contributed by atoms with van der Waals surface area (Å²) in [7, 11) is 0. The Bertz CT molecular complexity index is 3640. The van der Waals surface area contributed by atoms with Gasteiger partial charge in [0.15, 0.2) is 0 Å². The molecule has 0 N–H and O–H groups in total. The summed E-state index contributed by atoms with van der Waals surface area (Å²) < 4.78 is 0. The van der Waals surface area contributed by atoms with Crippen LogP contribution in [-0.2, 0) is 0 Å². The zero-order chi connectivity index (χ0) is 42.6. The molecule has 0 unspecified atom stereocenters. The van der Waals surface area contributed by atoms with Crippen LogP contribution in [0, 0.1) is 6.92 Å². The van der Waals surface area contributed by atoms with Crippen molar-refractivity contribution in [2.75, 3.05) is 4.90 Å². The van der Waals surface area contributed by atoms with Crippen LogP contribution in [0.1, 0.15) is 5.56 Å². The average Bonchev–Trinajstić information content (AvgIpc) is 3.36. The Morgan fingerprint density at radius 1 is 0.250 bits per heavy atom. The van der Waals surface area contributed by atoms with E-state index in [9.17, 15) is 0 Å². The Morgan fingerprint density at radius 3 is 1.05 bits per heavy atom. The Morgan fingerprint density at radius 2 is 0.594 bits per heavy atom. The van der Waals surface area contributed by atoms with Crippen molar-refractivity contribution in [1.82, 2.24) is 0 Å². The monoisotopic (exact) mass is 813 g/mol. The fourth-order valence-corrected chi connectivity index (χ4v) is 10.3. The predicted molar refractivity (Wildman–Crippen MR) is 275 cm³/mol. The molecular weight excluding hydrogens is 771 g/mol. The summed E-state index contributed by atoms with van der Waals surface area (Å²) in [6.07, 6.45) is 0. The fraction of sp³-hybridized carbons (Fsp3) is 0.0159. The molecule has 0 aromatic heterocycles. The lowest BCUT2D eigenvalue weighted by atomic mass is 9.85. The van der Waals surface area contributed by atoms with Crippen molar-refractivity contribution in [2.24, 2.45) is 0 Å². The summed E-state index contributed by atoms with van der Waals surface area (Å²) >= 11 is 0. The van der Waals surface area contributed by atoms with Crippen molar-refractivity contribution in [3.05, 3.63) is 248 Å². The second-order valence-electron chi connectivity index (χ2n) is 16.8. The molecule has 300 valence electrons. The summed E-state index contributed by atoms with van der Waals surface area (Å²) in [6, 6.07) is 89.1. The lowest BCUT2D eigenvalue weighted by molar-refractivity contribution is 1.30. The van der Waals surface area contributed by atoms with Crippen LogP contribution in [0.3, 0.4) is 0 Å². The SMILES string of the molecule is Cc1ccc2c(-c3ccc(N(c4ccc(-c5c6ccccc6c(-c6ccccc6)c6ccccc56)cc4)c4cccc5ccccc45)cc3)c3ccccc3c(-c3ccccc3)c2c1. The van der Waals surface area contributed by atoms with Gasteiger partial charge in [-0.25, -0.2) is 0 Å². The third-order valence-electron chi connectivity index (χ3n) is 13.1. The molecule has 0 spiro atoms. The molecule has 0 heterocycles. The first kappa shape index (κ1) is 37.5. The van der Waals surface area contributed by atoms with Gasteiger partial charge in [0, 0.05) is 16.8 Å². The molecule has 64 heavy (non-hydrogen) atoms. The topological polar surface area (TPSA) is 3.24 Å². The number of benzene rings is 12. The molecule has 0 radical (unpaired) electrons. The highest BCUT2D eigenvalue weighted by Crippen LogP contribution is 2.47. The van der Waals surface area contributed by atoms with E-state index in [1.54, 1.807) is 0 Å². The van der Waals surface area contributed by atoms with Crippen LogP contribution in [0.25, 0.3) is 98.4 Å². The van der Waals surface area contributed by atoms with E-state index >= 15 is 0 Å². The molecule has 1 nitrogen and oxygen atoms in total. The highest BCUT2D eigenvalue weighted by atomic mass is 15.1. The molecule has 12 aromatic carbocycles. The van der Waals surface area contributed by atoms with E-state index in [2.05, 4.69) is 254 Å². The first-order valence-corrected chi connectivity index (χ1v) is 22.2. The second-order valence-corrected chi connectivity index (χ2v) is 16.8. The zero-order valence-electron chi connectivity index (χ0n) is 35.5.